The number of benzene rings is 2. The smallest absolute Gasteiger partial charge is 0.261 e. The van der Waals surface area contributed by atoms with Gasteiger partial charge in [0.15, 0.2) is 0 Å². The van der Waals surface area contributed by atoms with E-state index < -0.39 is 8.32 Å². The molecule has 2 aromatic rings. The minimum atomic E-state index is -2.59. The first-order valence-corrected chi connectivity index (χ1v) is 12.5. The summed E-state index contributed by atoms with van der Waals surface area (Å²) in [6.07, 6.45) is 3.06. The number of nitrogens with one attached hydrogen (secondary N) is 2. The van der Waals surface area contributed by atoms with E-state index in [2.05, 4.69) is 92.1 Å². The Morgan fingerprint density at radius 1 is 1.00 bits per heavy atom. The molecule has 0 aliphatic heterocycles. The number of likely N-dealkylation sites (N-methyl/N-ethyl adjacent to an activating group) is 1. The Morgan fingerprint density at radius 2 is 1.53 bits per heavy atom. The summed E-state index contributed by atoms with van der Waals surface area (Å²) in [6, 6.07) is 21.5. The molecule has 1 aliphatic rings. The van der Waals surface area contributed by atoms with Gasteiger partial charge >= 0.3 is 0 Å². The molecule has 0 saturated heterocycles. The lowest BCUT2D eigenvalue weighted by atomic mass is 10.2. The van der Waals surface area contributed by atoms with E-state index in [9.17, 15) is 4.79 Å². The molecule has 164 valence electrons. The van der Waals surface area contributed by atoms with Crippen LogP contribution in [0.15, 0.2) is 60.7 Å². The number of carbonyl (C=O) groups excluding carboxylic acids is 1. The normalized spacial score (nSPS) is 19.2. The molecule has 3 rings (SSSR count). The molecule has 0 heterocycles. The minimum Gasteiger partial charge on any atom is -0.402 e. The number of amides is 1. The van der Waals surface area contributed by atoms with E-state index >= 15 is 0 Å². The molecule has 2 N–H and O–H groups in total. The van der Waals surface area contributed by atoms with Gasteiger partial charge in [-0.3, -0.25) is 4.79 Å². The molecule has 0 unspecified atom stereocenters. The number of carbonyl (C=O) groups is 1. The second-order valence-electron chi connectivity index (χ2n) is 8.95. The molecule has 1 saturated carbocycles. The lowest BCUT2D eigenvalue weighted by molar-refractivity contribution is -0.121. The monoisotopic (exact) mass is 446 g/mol. The van der Waals surface area contributed by atoms with E-state index in [1.165, 1.54) is 10.4 Å². The molecular formula is C24H35ClN2O2Si. The zero-order valence-corrected chi connectivity index (χ0v) is 20.3. The Labute approximate surface area is 188 Å². The summed E-state index contributed by atoms with van der Waals surface area (Å²) in [5.41, 5.74) is 0. The molecular weight excluding hydrogens is 412 g/mol. The van der Waals surface area contributed by atoms with Crippen molar-refractivity contribution in [3.63, 3.8) is 0 Å². The molecule has 2 atom stereocenters. The molecule has 6 heteroatoms. The van der Waals surface area contributed by atoms with Crippen molar-refractivity contribution in [3.05, 3.63) is 60.7 Å². The highest BCUT2D eigenvalue weighted by Gasteiger charge is 2.52. The molecule has 1 fully saturated rings. The second-order valence-corrected chi connectivity index (χ2v) is 13.2. The fourth-order valence-electron chi connectivity index (χ4n) is 4.57. The van der Waals surface area contributed by atoms with Crippen molar-refractivity contribution >= 4 is 37.0 Å². The van der Waals surface area contributed by atoms with Crippen molar-refractivity contribution in [2.24, 2.45) is 0 Å². The van der Waals surface area contributed by atoms with Gasteiger partial charge in [0.05, 0.1) is 18.7 Å². The Hall–Kier alpha value is -1.66. The lowest BCUT2D eigenvalue weighted by Gasteiger charge is -2.45. The highest BCUT2D eigenvalue weighted by atomic mass is 35.5. The zero-order chi connectivity index (χ0) is 20.9. The van der Waals surface area contributed by atoms with Crippen LogP contribution in [0.1, 0.15) is 40.0 Å². The third kappa shape index (κ3) is 5.14. The lowest BCUT2D eigenvalue weighted by Crippen LogP contribution is -2.68. The van der Waals surface area contributed by atoms with Crippen LogP contribution in [0.2, 0.25) is 5.04 Å². The van der Waals surface area contributed by atoms with Gasteiger partial charge in [-0.05, 0) is 41.7 Å². The number of rotatable bonds is 7. The van der Waals surface area contributed by atoms with Gasteiger partial charge in [-0.25, -0.2) is 0 Å². The predicted octanol–water partition coefficient (Wildman–Crippen LogP) is 3.24. The molecule has 2 aromatic carbocycles. The van der Waals surface area contributed by atoms with Gasteiger partial charge in [-0.1, -0.05) is 81.4 Å². The average Bonchev–Trinajstić information content (AvgIpc) is 3.13. The third-order valence-corrected chi connectivity index (χ3v) is 10.9. The van der Waals surface area contributed by atoms with Crippen LogP contribution in [-0.2, 0) is 9.22 Å². The molecule has 4 nitrogen and oxygen atoms in total. The van der Waals surface area contributed by atoms with Crippen molar-refractivity contribution in [2.75, 3.05) is 13.6 Å². The fourth-order valence-corrected chi connectivity index (χ4v) is 9.32. The molecule has 1 aliphatic carbocycles. The summed E-state index contributed by atoms with van der Waals surface area (Å²) in [4.78, 5) is 12.2. The molecule has 0 spiro atoms. The fraction of sp³-hybridized carbons (Fsp3) is 0.458. The predicted molar refractivity (Wildman–Crippen MR) is 129 cm³/mol. The highest BCUT2D eigenvalue weighted by molar-refractivity contribution is 6.99. The van der Waals surface area contributed by atoms with Crippen molar-refractivity contribution in [3.8, 4) is 0 Å². The van der Waals surface area contributed by atoms with Crippen LogP contribution in [0, 0.1) is 0 Å². The number of hydrogen-bond donors (Lipinski definition) is 2. The molecule has 0 aromatic heterocycles. The molecule has 0 bridgehead atoms. The first kappa shape index (κ1) is 24.6. The molecule has 1 amide bonds. The SMILES string of the molecule is CNCC(=O)N[C@@H]1CCC[C@@H]1O[Si](c1ccccc1)(c1ccccc1)C(C)(C)C.Cl. The van der Waals surface area contributed by atoms with E-state index in [4.69, 9.17) is 4.43 Å². The second kappa shape index (κ2) is 10.6. The van der Waals surface area contributed by atoms with E-state index in [0.29, 0.717) is 6.54 Å². The first-order chi connectivity index (χ1) is 13.9. The number of hydrogen-bond acceptors (Lipinski definition) is 3. The summed E-state index contributed by atoms with van der Waals surface area (Å²) in [6.45, 7) is 7.22. The van der Waals surface area contributed by atoms with Gasteiger partial charge in [0.2, 0.25) is 5.91 Å². The van der Waals surface area contributed by atoms with Crippen LogP contribution in [0.3, 0.4) is 0 Å². The van der Waals surface area contributed by atoms with Crippen LogP contribution in [0.25, 0.3) is 0 Å². The summed E-state index contributed by atoms with van der Waals surface area (Å²) in [5, 5.41) is 8.65. The Kier molecular flexibility index (Phi) is 8.68. The molecule has 0 radical (unpaired) electrons. The Balaban J connectivity index is 0.00000320. The topological polar surface area (TPSA) is 50.4 Å². The number of halogens is 1. The zero-order valence-electron chi connectivity index (χ0n) is 18.5. The van der Waals surface area contributed by atoms with Crippen LogP contribution < -0.4 is 21.0 Å². The minimum absolute atomic E-state index is 0. The summed E-state index contributed by atoms with van der Waals surface area (Å²) < 4.78 is 7.23. The molecule has 30 heavy (non-hydrogen) atoms. The third-order valence-electron chi connectivity index (χ3n) is 5.88. The van der Waals surface area contributed by atoms with Gasteiger partial charge in [-0.15, -0.1) is 12.4 Å². The van der Waals surface area contributed by atoms with Crippen LogP contribution in [0.5, 0.6) is 0 Å². The maximum absolute atomic E-state index is 12.2. The van der Waals surface area contributed by atoms with Gasteiger partial charge in [-0.2, -0.15) is 0 Å². The van der Waals surface area contributed by atoms with E-state index in [-0.39, 0.29) is 35.5 Å². The summed E-state index contributed by atoms with van der Waals surface area (Å²) in [7, 11) is -0.796. The largest absolute Gasteiger partial charge is 0.402 e. The van der Waals surface area contributed by atoms with E-state index in [0.717, 1.165) is 19.3 Å². The van der Waals surface area contributed by atoms with Gasteiger partial charge in [0, 0.05) is 0 Å². The van der Waals surface area contributed by atoms with Gasteiger partial charge in [0.25, 0.3) is 8.32 Å². The Bertz CT molecular complexity index is 756. The van der Waals surface area contributed by atoms with Crippen molar-refractivity contribution in [1.29, 1.82) is 0 Å². The van der Waals surface area contributed by atoms with Crippen LogP contribution in [-0.4, -0.2) is 40.0 Å². The standard InChI is InChI=1S/C24H34N2O2Si.ClH/c1-24(2,3)29(19-12-7-5-8-13-19,20-14-9-6-10-15-20)28-22-17-11-16-21(22)26-23(27)18-25-4;/h5-10,12-15,21-22,25H,11,16-18H2,1-4H3,(H,26,27);1H/t21-,22+;/m1./s1. The van der Waals surface area contributed by atoms with E-state index in [1.54, 1.807) is 7.05 Å². The average molecular weight is 447 g/mol. The van der Waals surface area contributed by atoms with Crippen LogP contribution in [0.4, 0.5) is 0 Å². The van der Waals surface area contributed by atoms with E-state index in [1.807, 2.05) is 0 Å². The van der Waals surface area contributed by atoms with Crippen LogP contribution >= 0.6 is 12.4 Å². The summed E-state index contributed by atoms with van der Waals surface area (Å²) >= 11 is 0. The maximum Gasteiger partial charge on any atom is 0.261 e. The van der Waals surface area contributed by atoms with Crippen molar-refractivity contribution < 1.29 is 9.22 Å². The summed E-state index contributed by atoms with van der Waals surface area (Å²) in [5.74, 6) is 0.0375. The van der Waals surface area contributed by atoms with Gasteiger partial charge < -0.3 is 15.1 Å². The highest BCUT2D eigenvalue weighted by Crippen LogP contribution is 2.39. The quantitative estimate of drug-likeness (QED) is 0.642. The van der Waals surface area contributed by atoms with Crippen molar-refractivity contribution in [2.45, 2.75) is 57.2 Å². The van der Waals surface area contributed by atoms with Gasteiger partial charge in [0.1, 0.15) is 0 Å². The van der Waals surface area contributed by atoms with Crippen molar-refractivity contribution in [1.82, 2.24) is 10.6 Å². The maximum atomic E-state index is 12.2. The Morgan fingerprint density at radius 3 is 2.00 bits per heavy atom. The first-order valence-electron chi connectivity index (χ1n) is 10.6.